The molecular weight excluding hydrogens is 218 g/mol. The number of rotatable bonds is 8. The highest BCUT2D eigenvalue weighted by atomic mass is 16.5. The van der Waals surface area contributed by atoms with Crippen LogP contribution in [0.3, 0.4) is 0 Å². The van der Waals surface area contributed by atoms with E-state index in [0.717, 1.165) is 24.3 Å². The molecule has 0 fully saturated rings. The lowest BCUT2D eigenvalue weighted by molar-refractivity contribution is -0.129. The van der Waals surface area contributed by atoms with Crippen molar-refractivity contribution in [1.82, 2.24) is 4.90 Å². The van der Waals surface area contributed by atoms with Gasteiger partial charge in [0.15, 0.2) is 0 Å². The molecule has 0 radical (unpaired) electrons. The van der Waals surface area contributed by atoms with Gasteiger partial charge in [0.25, 0.3) is 6.47 Å². The van der Waals surface area contributed by atoms with E-state index in [2.05, 4.69) is 9.64 Å². The van der Waals surface area contributed by atoms with Gasteiger partial charge in [0.2, 0.25) is 0 Å². The van der Waals surface area contributed by atoms with Crippen LogP contribution < -0.4 is 4.74 Å². The summed E-state index contributed by atoms with van der Waals surface area (Å²) < 4.78 is 10.2. The Morgan fingerprint density at radius 2 is 1.94 bits per heavy atom. The van der Waals surface area contributed by atoms with Crippen molar-refractivity contribution in [3.05, 3.63) is 29.8 Å². The number of carbonyl (C=O) groups is 1. The maximum Gasteiger partial charge on any atom is 0.293 e. The van der Waals surface area contributed by atoms with Crippen molar-refractivity contribution >= 4 is 6.47 Å². The van der Waals surface area contributed by atoms with Crippen LogP contribution in [0.5, 0.6) is 5.75 Å². The molecule has 0 N–H and O–H groups in total. The number of benzene rings is 1. The molecule has 1 rings (SSSR count). The molecule has 0 unspecified atom stereocenters. The molecule has 94 valence electrons. The van der Waals surface area contributed by atoms with E-state index in [0.29, 0.717) is 19.7 Å². The molecule has 1 aromatic rings. The molecule has 0 amide bonds. The van der Waals surface area contributed by atoms with Crippen LogP contribution in [0.1, 0.15) is 12.0 Å². The van der Waals surface area contributed by atoms with Gasteiger partial charge in [0.05, 0.1) is 6.61 Å². The smallest absolute Gasteiger partial charge is 0.293 e. The van der Waals surface area contributed by atoms with Gasteiger partial charge in [-0.1, -0.05) is 12.1 Å². The second-order valence-electron chi connectivity index (χ2n) is 4.06. The molecule has 0 aliphatic heterocycles. The third-order valence-electron chi connectivity index (χ3n) is 2.26. The molecule has 0 atom stereocenters. The van der Waals surface area contributed by atoms with Crippen molar-refractivity contribution in [2.24, 2.45) is 0 Å². The normalized spacial score (nSPS) is 10.3. The summed E-state index contributed by atoms with van der Waals surface area (Å²) in [5.74, 6) is 0.846. The lowest BCUT2D eigenvalue weighted by atomic mass is 10.2. The molecule has 0 spiro atoms. The Morgan fingerprint density at radius 3 is 2.53 bits per heavy atom. The quantitative estimate of drug-likeness (QED) is 0.509. The zero-order chi connectivity index (χ0) is 12.5. The van der Waals surface area contributed by atoms with Crippen molar-refractivity contribution in [3.8, 4) is 5.75 Å². The summed E-state index contributed by atoms with van der Waals surface area (Å²) in [6.07, 6.45) is 1.00. The predicted molar refractivity (Wildman–Crippen MR) is 66.0 cm³/mol. The van der Waals surface area contributed by atoms with Crippen LogP contribution in [0.4, 0.5) is 0 Å². The predicted octanol–water partition coefficient (Wildman–Crippen LogP) is 1.69. The molecule has 4 heteroatoms. The van der Waals surface area contributed by atoms with Gasteiger partial charge in [-0.05, 0) is 38.2 Å². The first kappa shape index (κ1) is 13.5. The topological polar surface area (TPSA) is 38.8 Å². The second kappa shape index (κ2) is 7.68. The second-order valence-corrected chi connectivity index (χ2v) is 4.06. The summed E-state index contributed by atoms with van der Waals surface area (Å²) in [6, 6.07) is 7.56. The summed E-state index contributed by atoms with van der Waals surface area (Å²) in [5.41, 5.74) is 0.956. The summed E-state index contributed by atoms with van der Waals surface area (Å²) in [5, 5.41) is 0. The van der Waals surface area contributed by atoms with Gasteiger partial charge < -0.3 is 14.4 Å². The summed E-state index contributed by atoms with van der Waals surface area (Å²) in [4.78, 5) is 12.2. The fourth-order valence-corrected chi connectivity index (χ4v) is 1.38. The largest absolute Gasteiger partial charge is 0.494 e. The Bertz CT molecular complexity index is 322. The van der Waals surface area contributed by atoms with Gasteiger partial charge >= 0.3 is 0 Å². The monoisotopic (exact) mass is 237 g/mol. The number of carbonyl (C=O) groups excluding carboxylic acids is 1. The van der Waals surface area contributed by atoms with Gasteiger partial charge in [-0.3, -0.25) is 4.79 Å². The third kappa shape index (κ3) is 5.92. The van der Waals surface area contributed by atoms with E-state index in [-0.39, 0.29) is 0 Å². The zero-order valence-corrected chi connectivity index (χ0v) is 10.4. The van der Waals surface area contributed by atoms with Crippen molar-refractivity contribution in [3.63, 3.8) is 0 Å². The molecule has 17 heavy (non-hydrogen) atoms. The van der Waals surface area contributed by atoms with E-state index in [1.165, 1.54) is 0 Å². The fraction of sp³-hybridized carbons (Fsp3) is 0.462. The van der Waals surface area contributed by atoms with E-state index in [1.54, 1.807) is 0 Å². The number of nitrogens with zero attached hydrogens (tertiary/aromatic N) is 1. The lowest BCUT2D eigenvalue weighted by Gasteiger charge is -2.10. The van der Waals surface area contributed by atoms with Gasteiger partial charge in [0.1, 0.15) is 12.4 Å². The first-order chi connectivity index (χ1) is 8.22. The van der Waals surface area contributed by atoms with Crippen LogP contribution in [-0.4, -0.2) is 38.6 Å². The standard InChI is InChI=1S/C13H19NO3/c1-14(2)8-3-9-17-13-6-4-12(5-7-13)10-16-11-15/h4-7,11H,3,8-10H2,1-2H3. The van der Waals surface area contributed by atoms with E-state index in [4.69, 9.17) is 4.74 Å². The minimum atomic E-state index is 0.310. The number of hydrogen-bond donors (Lipinski definition) is 0. The number of hydrogen-bond acceptors (Lipinski definition) is 4. The van der Waals surface area contributed by atoms with Crippen LogP contribution in [0, 0.1) is 0 Å². The van der Waals surface area contributed by atoms with E-state index in [9.17, 15) is 4.79 Å². The van der Waals surface area contributed by atoms with E-state index in [1.807, 2.05) is 38.4 Å². The van der Waals surface area contributed by atoms with Gasteiger partial charge in [0, 0.05) is 6.54 Å². The molecule has 0 aliphatic carbocycles. The van der Waals surface area contributed by atoms with Crippen LogP contribution in [0.25, 0.3) is 0 Å². The maximum absolute atomic E-state index is 10.0. The first-order valence-corrected chi connectivity index (χ1v) is 5.64. The SMILES string of the molecule is CN(C)CCCOc1ccc(COC=O)cc1. The molecule has 0 heterocycles. The van der Waals surface area contributed by atoms with Crippen molar-refractivity contribution in [1.29, 1.82) is 0 Å². The Hall–Kier alpha value is -1.55. The summed E-state index contributed by atoms with van der Waals surface area (Å²) in [7, 11) is 4.09. The van der Waals surface area contributed by atoms with Gasteiger partial charge in [-0.15, -0.1) is 0 Å². The highest BCUT2D eigenvalue weighted by Gasteiger charge is 1.96. The highest BCUT2D eigenvalue weighted by Crippen LogP contribution is 2.12. The van der Waals surface area contributed by atoms with Crippen molar-refractivity contribution in [2.75, 3.05) is 27.2 Å². The lowest BCUT2D eigenvalue weighted by Crippen LogP contribution is -2.15. The van der Waals surface area contributed by atoms with Crippen LogP contribution >= 0.6 is 0 Å². The average Bonchev–Trinajstić information content (AvgIpc) is 2.33. The third-order valence-corrected chi connectivity index (χ3v) is 2.26. The maximum atomic E-state index is 10.0. The molecule has 4 nitrogen and oxygen atoms in total. The molecule has 0 saturated carbocycles. The van der Waals surface area contributed by atoms with E-state index < -0.39 is 0 Å². The van der Waals surface area contributed by atoms with Crippen molar-refractivity contribution in [2.45, 2.75) is 13.0 Å². The molecule has 0 bridgehead atoms. The average molecular weight is 237 g/mol. The van der Waals surface area contributed by atoms with Crippen LogP contribution in [-0.2, 0) is 16.1 Å². The molecule has 0 aromatic heterocycles. The number of ether oxygens (including phenoxy) is 2. The van der Waals surface area contributed by atoms with Crippen LogP contribution in [0.15, 0.2) is 24.3 Å². The van der Waals surface area contributed by atoms with E-state index >= 15 is 0 Å². The van der Waals surface area contributed by atoms with Gasteiger partial charge in [-0.25, -0.2) is 0 Å². The fourth-order valence-electron chi connectivity index (χ4n) is 1.38. The Morgan fingerprint density at radius 1 is 1.24 bits per heavy atom. The molecular formula is C13H19NO3. The van der Waals surface area contributed by atoms with Crippen molar-refractivity contribution < 1.29 is 14.3 Å². The minimum absolute atomic E-state index is 0.310. The minimum Gasteiger partial charge on any atom is -0.494 e. The molecule has 0 saturated heterocycles. The summed E-state index contributed by atoms with van der Waals surface area (Å²) >= 11 is 0. The Kier molecular flexibility index (Phi) is 6.10. The Labute approximate surface area is 102 Å². The molecule has 0 aliphatic rings. The van der Waals surface area contributed by atoms with Crippen LogP contribution in [0.2, 0.25) is 0 Å². The highest BCUT2D eigenvalue weighted by molar-refractivity contribution is 5.37. The Balaban J connectivity index is 2.27. The first-order valence-electron chi connectivity index (χ1n) is 5.64. The zero-order valence-electron chi connectivity index (χ0n) is 10.4. The molecule has 1 aromatic carbocycles. The summed E-state index contributed by atoms with van der Waals surface area (Å²) in [6.45, 7) is 2.49. The van der Waals surface area contributed by atoms with Gasteiger partial charge in [-0.2, -0.15) is 0 Å².